The molecule has 1 saturated heterocycles. The van der Waals surface area contributed by atoms with Crippen LogP contribution in [0.3, 0.4) is 0 Å². The molecule has 106 valence electrons. The maximum absolute atomic E-state index is 13.1. The minimum atomic E-state index is -4.61. The molecule has 0 saturated carbocycles. The molecule has 1 aromatic heterocycles. The molecule has 0 radical (unpaired) electrons. The highest BCUT2D eigenvalue weighted by atomic mass is 32.1. The van der Waals surface area contributed by atoms with Crippen molar-refractivity contribution in [2.24, 2.45) is 0 Å². The third-order valence-corrected chi connectivity index (χ3v) is 3.82. The average Bonchev–Trinajstić information content (AvgIpc) is 2.83. The summed E-state index contributed by atoms with van der Waals surface area (Å²) in [6, 6.07) is 0. The Balaban J connectivity index is 2.43. The van der Waals surface area contributed by atoms with Crippen LogP contribution < -0.4 is 0 Å². The number of ether oxygens (including phenoxy) is 2. The largest absolute Gasteiger partial charge is 0.465 e. The number of nitrogens with zero attached hydrogens (tertiary/aromatic N) is 1. The molecule has 8 heteroatoms. The van der Waals surface area contributed by atoms with Crippen LogP contribution in [-0.2, 0) is 15.7 Å². The summed E-state index contributed by atoms with van der Waals surface area (Å²) in [5.74, 6) is -1.32. The molecule has 1 fully saturated rings. The van der Waals surface area contributed by atoms with Gasteiger partial charge in [-0.1, -0.05) is 0 Å². The molecule has 0 unspecified atom stereocenters. The zero-order chi connectivity index (χ0) is 14.0. The van der Waals surface area contributed by atoms with Crippen molar-refractivity contribution in [1.82, 2.24) is 4.37 Å². The van der Waals surface area contributed by atoms with Crippen LogP contribution in [0.2, 0.25) is 0 Å². The average molecular weight is 295 g/mol. The minimum Gasteiger partial charge on any atom is -0.465 e. The summed E-state index contributed by atoms with van der Waals surface area (Å²) in [6.45, 7) is 0.820. The highest BCUT2D eigenvalue weighted by Gasteiger charge is 2.43. The Kier molecular flexibility index (Phi) is 4.10. The van der Waals surface area contributed by atoms with E-state index in [2.05, 4.69) is 9.11 Å². The lowest BCUT2D eigenvalue weighted by molar-refractivity contribution is -0.138. The van der Waals surface area contributed by atoms with Crippen molar-refractivity contribution in [1.29, 1.82) is 0 Å². The van der Waals surface area contributed by atoms with Gasteiger partial charge in [0.25, 0.3) is 0 Å². The summed E-state index contributed by atoms with van der Waals surface area (Å²) in [5, 5.41) is 0. The molecule has 0 amide bonds. The molecule has 1 aliphatic heterocycles. The molecule has 19 heavy (non-hydrogen) atoms. The number of hydrogen-bond donors (Lipinski definition) is 0. The van der Waals surface area contributed by atoms with E-state index in [1.165, 1.54) is 0 Å². The smallest absolute Gasteiger partial charge is 0.419 e. The number of hydrogen-bond acceptors (Lipinski definition) is 5. The molecule has 0 bridgehead atoms. The fraction of sp³-hybridized carbons (Fsp3) is 0.636. The van der Waals surface area contributed by atoms with Gasteiger partial charge in [-0.3, -0.25) is 0 Å². The van der Waals surface area contributed by atoms with Gasteiger partial charge in [-0.05, 0) is 24.4 Å². The van der Waals surface area contributed by atoms with Gasteiger partial charge in [0.05, 0.1) is 12.8 Å². The van der Waals surface area contributed by atoms with Crippen LogP contribution in [0, 0.1) is 0 Å². The summed E-state index contributed by atoms with van der Waals surface area (Å²) in [5.41, 5.74) is -1.00. The molecular weight excluding hydrogens is 283 g/mol. The second-order valence-electron chi connectivity index (χ2n) is 4.15. The van der Waals surface area contributed by atoms with Gasteiger partial charge >= 0.3 is 12.1 Å². The molecule has 0 aliphatic carbocycles. The predicted molar refractivity (Wildman–Crippen MR) is 61.2 cm³/mol. The minimum absolute atomic E-state index is 0.0544. The highest BCUT2D eigenvalue weighted by Crippen LogP contribution is 2.41. The van der Waals surface area contributed by atoms with Crippen LogP contribution in [0.5, 0.6) is 0 Å². The summed E-state index contributed by atoms with van der Waals surface area (Å²) in [7, 11) is 1.05. The summed E-state index contributed by atoms with van der Waals surface area (Å²) >= 11 is 0.544. The zero-order valence-corrected chi connectivity index (χ0v) is 10.9. The van der Waals surface area contributed by atoms with Gasteiger partial charge in [-0.25, -0.2) is 4.79 Å². The molecule has 0 N–H and O–H groups in total. The number of alkyl halides is 3. The van der Waals surface area contributed by atoms with Crippen molar-refractivity contribution >= 4 is 17.5 Å². The van der Waals surface area contributed by atoms with E-state index in [0.717, 1.165) is 7.11 Å². The van der Waals surface area contributed by atoms with Crippen LogP contribution >= 0.6 is 11.5 Å². The Morgan fingerprint density at radius 3 is 2.58 bits per heavy atom. The van der Waals surface area contributed by atoms with Crippen LogP contribution in [0.4, 0.5) is 13.2 Å². The Hall–Kier alpha value is -1.15. The quantitative estimate of drug-likeness (QED) is 0.787. The molecule has 1 aliphatic rings. The summed E-state index contributed by atoms with van der Waals surface area (Å²) < 4.78 is 52.7. The van der Waals surface area contributed by atoms with E-state index in [1.807, 2.05) is 0 Å². The van der Waals surface area contributed by atoms with Crippen LogP contribution in [0.15, 0.2) is 0 Å². The predicted octanol–water partition coefficient (Wildman–Crippen LogP) is 2.84. The Bertz CT molecular complexity index is 466. The maximum Gasteiger partial charge on any atom is 0.419 e. The van der Waals surface area contributed by atoms with E-state index in [0.29, 0.717) is 37.6 Å². The van der Waals surface area contributed by atoms with Gasteiger partial charge < -0.3 is 9.47 Å². The van der Waals surface area contributed by atoms with Crippen molar-refractivity contribution in [2.45, 2.75) is 24.9 Å². The fourth-order valence-electron chi connectivity index (χ4n) is 2.06. The first-order chi connectivity index (χ1) is 8.95. The van der Waals surface area contributed by atoms with Crippen LogP contribution in [0.1, 0.15) is 39.7 Å². The fourth-order valence-corrected chi connectivity index (χ4v) is 2.96. The van der Waals surface area contributed by atoms with E-state index < -0.39 is 22.6 Å². The van der Waals surface area contributed by atoms with E-state index in [1.54, 1.807) is 0 Å². The number of halogens is 3. The van der Waals surface area contributed by atoms with Gasteiger partial charge in [-0.2, -0.15) is 17.5 Å². The SMILES string of the molecule is COC(=O)c1snc(C2CCOCC2)c1C(F)(F)F. The lowest BCUT2D eigenvalue weighted by Crippen LogP contribution is -2.19. The monoisotopic (exact) mass is 295 g/mol. The zero-order valence-electron chi connectivity index (χ0n) is 10.1. The van der Waals surface area contributed by atoms with E-state index >= 15 is 0 Å². The number of esters is 1. The third-order valence-electron chi connectivity index (χ3n) is 2.98. The number of carbonyl (C=O) groups is 1. The van der Waals surface area contributed by atoms with Crippen molar-refractivity contribution in [3.05, 3.63) is 16.1 Å². The van der Waals surface area contributed by atoms with Crippen LogP contribution in [0.25, 0.3) is 0 Å². The molecule has 2 rings (SSSR count). The number of methoxy groups -OCH3 is 1. The van der Waals surface area contributed by atoms with Crippen LogP contribution in [-0.4, -0.2) is 30.7 Å². The van der Waals surface area contributed by atoms with Gasteiger partial charge in [0.2, 0.25) is 0 Å². The molecule has 0 atom stereocenters. The first-order valence-corrected chi connectivity index (χ1v) is 6.45. The topological polar surface area (TPSA) is 48.4 Å². The normalized spacial score (nSPS) is 17.5. The van der Waals surface area contributed by atoms with Crippen molar-refractivity contribution in [3.8, 4) is 0 Å². The lowest BCUT2D eigenvalue weighted by Gasteiger charge is -2.22. The van der Waals surface area contributed by atoms with Gasteiger partial charge in [0.15, 0.2) is 0 Å². The number of carbonyl (C=O) groups excluding carboxylic acids is 1. The molecular formula is C11H12F3NO3S. The molecule has 0 aromatic carbocycles. The summed E-state index contributed by atoms with van der Waals surface area (Å²) in [6.07, 6.45) is -3.65. The van der Waals surface area contributed by atoms with E-state index in [4.69, 9.17) is 4.74 Å². The standard InChI is InChI=1S/C11H12F3NO3S/c1-17-10(16)9-7(11(12,13)14)8(15-19-9)6-2-4-18-5-3-6/h6H,2-5H2,1H3. The Labute approximate surface area is 111 Å². The molecule has 1 aromatic rings. The van der Waals surface area contributed by atoms with Gasteiger partial charge in [0.1, 0.15) is 10.4 Å². The first-order valence-electron chi connectivity index (χ1n) is 5.68. The van der Waals surface area contributed by atoms with E-state index in [-0.39, 0.29) is 11.6 Å². The Morgan fingerprint density at radius 1 is 1.42 bits per heavy atom. The maximum atomic E-state index is 13.1. The first kappa shape index (κ1) is 14.3. The van der Waals surface area contributed by atoms with Gasteiger partial charge in [-0.15, -0.1) is 0 Å². The summed E-state index contributed by atoms with van der Waals surface area (Å²) in [4.78, 5) is 10.9. The second kappa shape index (κ2) is 5.46. The number of aromatic nitrogens is 1. The molecule has 4 nitrogen and oxygen atoms in total. The van der Waals surface area contributed by atoms with Crippen molar-refractivity contribution < 1.29 is 27.4 Å². The van der Waals surface area contributed by atoms with Crippen molar-refractivity contribution in [3.63, 3.8) is 0 Å². The third kappa shape index (κ3) is 2.89. The van der Waals surface area contributed by atoms with E-state index in [9.17, 15) is 18.0 Å². The van der Waals surface area contributed by atoms with Crippen molar-refractivity contribution in [2.75, 3.05) is 20.3 Å². The number of rotatable bonds is 2. The molecule has 2 heterocycles. The lowest BCUT2D eigenvalue weighted by atomic mass is 9.93. The Morgan fingerprint density at radius 2 is 2.05 bits per heavy atom. The molecule has 0 spiro atoms. The second-order valence-corrected chi connectivity index (χ2v) is 4.92. The highest BCUT2D eigenvalue weighted by molar-refractivity contribution is 7.08. The van der Waals surface area contributed by atoms with Gasteiger partial charge in [0, 0.05) is 19.1 Å².